The lowest BCUT2D eigenvalue weighted by atomic mass is 10.1. The van der Waals surface area contributed by atoms with Crippen LogP contribution in [0.4, 0.5) is 10.6 Å². The predicted molar refractivity (Wildman–Crippen MR) is 83.5 cm³/mol. The largest absolute Gasteiger partial charge is 0.506 e. The number of piperidine rings is 1. The quantitative estimate of drug-likeness (QED) is 0.699. The first-order chi connectivity index (χ1) is 11.2. The van der Waals surface area contributed by atoms with E-state index in [9.17, 15) is 4.79 Å². The number of anilines is 1. The molecule has 23 heavy (non-hydrogen) atoms. The van der Waals surface area contributed by atoms with E-state index in [4.69, 9.17) is 9.84 Å². The van der Waals surface area contributed by atoms with Crippen molar-refractivity contribution in [2.24, 2.45) is 0 Å². The summed E-state index contributed by atoms with van der Waals surface area (Å²) in [6.45, 7) is 1.27. The van der Waals surface area contributed by atoms with E-state index in [1.807, 2.05) is 17.2 Å². The molecule has 8 nitrogen and oxygen atoms in total. The van der Waals surface area contributed by atoms with Crippen LogP contribution < -0.4 is 4.90 Å². The number of fused-ring (bicyclic) bond motifs is 3. The van der Waals surface area contributed by atoms with Crippen molar-refractivity contribution < 1.29 is 14.6 Å². The number of ether oxygens (including phenoxy) is 1. The highest BCUT2D eigenvalue weighted by molar-refractivity contribution is 6.09. The Morgan fingerprint density at radius 1 is 1.43 bits per heavy atom. The maximum atomic E-state index is 10.8. The number of nitrogens with one attached hydrogen (secondary N) is 1. The molecule has 1 atom stereocenters. The average Bonchev–Trinajstić information content (AvgIpc) is 3.02. The SMILES string of the molecule is O=C(O)OC1CCCN(c2nncc3cnc4[nH]ccc4c23)C1. The van der Waals surface area contributed by atoms with E-state index >= 15 is 0 Å². The second kappa shape index (κ2) is 5.38. The van der Waals surface area contributed by atoms with Crippen molar-refractivity contribution in [3.05, 3.63) is 24.7 Å². The van der Waals surface area contributed by atoms with Gasteiger partial charge in [0.25, 0.3) is 0 Å². The van der Waals surface area contributed by atoms with Crippen LogP contribution in [0.15, 0.2) is 24.7 Å². The molecule has 1 saturated heterocycles. The van der Waals surface area contributed by atoms with Crippen molar-refractivity contribution in [2.45, 2.75) is 18.9 Å². The van der Waals surface area contributed by atoms with Gasteiger partial charge < -0.3 is 19.7 Å². The minimum atomic E-state index is -1.24. The molecule has 1 aliphatic heterocycles. The van der Waals surface area contributed by atoms with Gasteiger partial charge in [-0.2, -0.15) is 5.10 Å². The van der Waals surface area contributed by atoms with E-state index in [1.165, 1.54) is 0 Å². The molecule has 3 aromatic heterocycles. The van der Waals surface area contributed by atoms with Gasteiger partial charge in [0.15, 0.2) is 5.82 Å². The van der Waals surface area contributed by atoms with Crippen LogP contribution in [0.3, 0.4) is 0 Å². The number of rotatable bonds is 2. The van der Waals surface area contributed by atoms with Crippen molar-refractivity contribution in [1.82, 2.24) is 20.2 Å². The zero-order valence-corrected chi connectivity index (χ0v) is 12.3. The lowest BCUT2D eigenvalue weighted by Gasteiger charge is -2.32. The fraction of sp³-hybridized carbons (Fsp3) is 0.333. The van der Waals surface area contributed by atoms with Gasteiger partial charge >= 0.3 is 6.16 Å². The number of aromatic amines is 1. The van der Waals surface area contributed by atoms with Gasteiger partial charge in [-0.25, -0.2) is 9.78 Å². The number of hydrogen-bond acceptors (Lipinski definition) is 6. The van der Waals surface area contributed by atoms with Gasteiger partial charge in [0.2, 0.25) is 0 Å². The molecule has 0 amide bonds. The summed E-state index contributed by atoms with van der Waals surface area (Å²) in [5, 5.41) is 20.1. The van der Waals surface area contributed by atoms with Crippen LogP contribution in [0.25, 0.3) is 21.8 Å². The summed E-state index contributed by atoms with van der Waals surface area (Å²) in [6.07, 6.45) is 5.28. The Kier molecular flexibility index (Phi) is 3.22. The second-order valence-corrected chi connectivity index (χ2v) is 5.59. The fourth-order valence-corrected chi connectivity index (χ4v) is 3.16. The molecule has 4 rings (SSSR count). The molecular formula is C15H15N5O3. The molecule has 0 radical (unpaired) electrons. The van der Waals surface area contributed by atoms with E-state index in [0.717, 1.165) is 47.0 Å². The third-order valence-electron chi connectivity index (χ3n) is 4.13. The Hall–Kier alpha value is -2.90. The Bertz CT molecular complexity index is 878. The third kappa shape index (κ3) is 2.41. The molecule has 0 aliphatic carbocycles. The number of pyridine rings is 1. The van der Waals surface area contributed by atoms with Crippen molar-refractivity contribution in [3.8, 4) is 0 Å². The lowest BCUT2D eigenvalue weighted by Crippen LogP contribution is -2.41. The van der Waals surface area contributed by atoms with Crippen LogP contribution in [0.1, 0.15) is 12.8 Å². The van der Waals surface area contributed by atoms with Crippen molar-refractivity contribution in [1.29, 1.82) is 0 Å². The zero-order valence-electron chi connectivity index (χ0n) is 12.3. The number of H-pyrrole nitrogens is 1. The average molecular weight is 313 g/mol. The molecule has 2 N–H and O–H groups in total. The van der Waals surface area contributed by atoms with Crippen molar-refractivity contribution in [3.63, 3.8) is 0 Å². The number of aromatic nitrogens is 4. The second-order valence-electron chi connectivity index (χ2n) is 5.59. The molecular weight excluding hydrogens is 298 g/mol. The van der Waals surface area contributed by atoms with Crippen LogP contribution in [0, 0.1) is 0 Å². The standard InChI is InChI=1S/C15H15N5O3/c21-15(22)23-10-2-1-5-20(8-10)14-12-9(7-18-19-14)6-17-13-11(12)3-4-16-13/h3-4,6-7,10H,1-2,5,8H2,(H,16,17)(H,21,22). The molecule has 0 saturated carbocycles. The number of nitrogens with zero attached hydrogens (tertiary/aromatic N) is 4. The van der Waals surface area contributed by atoms with Gasteiger partial charge in [-0.05, 0) is 18.9 Å². The van der Waals surface area contributed by atoms with Crippen LogP contribution in [0.5, 0.6) is 0 Å². The Morgan fingerprint density at radius 2 is 2.35 bits per heavy atom. The minimum absolute atomic E-state index is 0.346. The molecule has 1 unspecified atom stereocenters. The van der Waals surface area contributed by atoms with Crippen LogP contribution in [-0.2, 0) is 4.74 Å². The Balaban J connectivity index is 1.78. The summed E-state index contributed by atoms with van der Waals surface area (Å²) in [5.41, 5.74) is 0.794. The van der Waals surface area contributed by atoms with Crippen LogP contribution in [0.2, 0.25) is 0 Å². The van der Waals surface area contributed by atoms with Crippen LogP contribution in [-0.4, -0.2) is 50.6 Å². The van der Waals surface area contributed by atoms with E-state index in [2.05, 4.69) is 20.2 Å². The van der Waals surface area contributed by atoms with E-state index in [1.54, 1.807) is 12.4 Å². The first kappa shape index (κ1) is 13.7. The van der Waals surface area contributed by atoms with E-state index in [-0.39, 0.29) is 6.10 Å². The number of carbonyl (C=O) groups is 1. The van der Waals surface area contributed by atoms with E-state index in [0.29, 0.717) is 6.54 Å². The summed E-state index contributed by atoms with van der Waals surface area (Å²) >= 11 is 0. The molecule has 0 spiro atoms. The number of hydrogen-bond donors (Lipinski definition) is 2. The monoisotopic (exact) mass is 313 g/mol. The molecule has 1 aliphatic rings. The molecule has 0 aromatic carbocycles. The molecule has 4 heterocycles. The lowest BCUT2D eigenvalue weighted by molar-refractivity contribution is 0.0457. The third-order valence-corrected chi connectivity index (χ3v) is 4.13. The summed E-state index contributed by atoms with van der Waals surface area (Å²) in [5.74, 6) is 0.744. The van der Waals surface area contributed by atoms with Crippen LogP contribution >= 0.6 is 0 Å². The Labute approximate surface area is 131 Å². The predicted octanol–water partition coefficient (Wildman–Crippen LogP) is 2.17. The molecule has 0 bridgehead atoms. The normalized spacial score (nSPS) is 18.4. The topological polar surface area (TPSA) is 104 Å². The van der Waals surface area contributed by atoms with Gasteiger partial charge in [0.1, 0.15) is 11.8 Å². The van der Waals surface area contributed by atoms with Gasteiger partial charge in [0.05, 0.1) is 12.7 Å². The maximum Gasteiger partial charge on any atom is 0.506 e. The van der Waals surface area contributed by atoms with Crippen molar-refractivity contribution in [2.75, 3.05) is 18.0 Å². The highest BCUT2D eigenvalue weighted by Gasteiger charge is 2.25. The summed E-state index contributed by atoms with van der Waals surface area (Å²) in [4.78, 5) is 20.3. The highest BCUT2D eigenvalue weighted by Crippen LogP contribution is 2.31. The number of carboxylic acid groups (broad SMARTS) is 1. The molecule has 8 heteroatoms. The minimum Gasteiger partial charge on any atom is -0.450 e. The molecule has 3 aromatic rings. The first-order valence-corrected chi connectivity index (χ1v) is 7.44. The van der Waals surface area contributed by atoms with Gasteiger partial charge in [-0.3, -0.25) is 0 Å². The maximum absolute atomic E-state index is 10.8. The highest BCUT2D eigenvalue weighted by atomic mass is 16.7. The zero-order chi connectivity index (χ0) is 15.8. The smallest absolute Gasteiger partial charge is 0.450 e. The first-order valence-electron chi connectivity index (χ1n) is 7.44. The Morgan fingerprint density at radius 3 is 3.22 bits per heavy atom. The van der Waals surface area contributed by atoms with E-state index < -0.39 is 6.16 Å². The van der Waals surface area contributed by atoms with Crippen molar-refractivity contribution >= 4 is 33.8 Å². The summed E-state index contributed by atoms with van der Waals surface area (Å²) in [6, 6.07) is 1.96. The fourth-order valence-electron chi connectivity index (χ4n) is 3.16. The van der Waals surface area contributed by atoms with Gasteiger partial charge in [-0.15, -0.1) is 5.10 Å². The summed E-state index contributed by atoms with van der Waals surface area (Å²) in [7, 11) is 0. The summed E-state index contributed by atoms with van der Waals surface area (Å²) < 4.78 is 4.94. The van der Waals surface area contributed by atoms with Gasteiger partial charge in [-0.1, -0.05) is 0 Å². The molecule has 1 fully saturated rings. The molecule has 118 valence electrons. The van der Waals surface area contributed by atoms with Gasteiger partial charge in [0, 0.05) is 35.1 Å².